The van der Waals surface area contributed by atoms with Gasteiger partial charge in [-0.2, -0.15) is 5.10 Å². The van der Waals surface area contributed by atoms with Gasteiger partial charge in [0.05, 0.1) is 16.4 Å². The highest BCUT2D eigenvalue weighted by atomic mass is 35.5. The summed E-state index contributed by atoms with van der Waals surface area (Å²) in [7, 11) is 4.06. The van der Waals surface area contributed by atoms with Crippen LogP contribution in [-0.4, -0.2) is 22.9 Å². The van der Waals surface area contributed by atoms with E-state index >= 15 is 0 Å². The van der Waals surface area contributed by atoms with Gasteiger partial charge in [-0.1, -0.05) is 37.8 Å². The maximum atomic E-state index is 6.39. The first-order chi connectivity index (χ1) is 8.98. The van der Waals surface area contributed by atoms with Gasteiger partial charge >= 0.3 is 0 Å². The van der Waals surface area contributed by atoms with Crippen LogP contribution in [0.4, 0.5) is 0 Å². The number of hydrogen-bond donors (Lipinski definition) is 1. The highest BCUT2D eigenvalue weighted by Crippen LogP contribution is 2.40. The van der Waals surface area contributed by atoms with Crippen molar-refractivity contribution < 1.29 is 0 Å². The zero-order chi connectivity index (χ0) is 14.0. The van der Waals surface area contributed by atoms with Crippen molar-refractivity contribution in [3.8, 4) is 0 Å². The monoisotopic (exact) mass is 283 g/mol. The number of nitrogens with zero attached hydrogens (tertiary/aromatic N) is 2. The van der Waals surface area contributed by atoms with Gasteiger partial charge in [0.2, 0.25) is 0 Å². The van der Waals surface area contributed by atoms with E-state index in [9.17, 15) is 0 Å². The molecule has 108 valence electrons. The van der Waals surface area contributed by atoms with E-state index in [0.29, 0.717) is 11.5 Å². The molecule has 0 saturated heterocycles. The van der Waals surface area contributed by atoms with Crippen LogP contribution in [0.5, 0.6) is 0 Å². The fraction of sp³-hybridized carbons (Fsp3) is 0.800. The Morgan fingerprint density at radius 2 is 2.00 bits per heavy atom. The van der Waals surface area contributed by atoms with Crippen molar-refractivity contribution in [2.75, 3.05) is 7.05 Å². The van der Waals surface area contributed by atoms with Crippen LogP contribution in [0, 0.1) is 12.3 Å². The lowest BCUT2D eigenvalue weighted by molar-refractivity contribution is 0.148. The zero-order valence-corrected chi connectivity index (χ0v) is 13.3. The quantitative estimate of drug-likeness (QED) is 0.917. The molecular weight excluding hydrogens is 258 g/mol. The van der Waals surface area contributed by atoms with Crippen molar-refractivity contribution >= 4 is 11.6 Å². The fourth-order valence-electron chi connectivity index (χ4n) is 3.50. The van der Waals surface area contributed by atoms with Gasteiger partial charge in [0.1, 0.15) is 0 Å². The van der Waals surface area contributed by atoms with Gasteiger partial charge in [0, 0.05) is 19.5 Å². The second-order valence-corrected chi connectivity index (χ2v) is 6.61. The first-order valence-electron chi connectivity index (χ1n) is 7.33. The minimum absolute atomic E-state index is 0.383. The Bertz CT molecular complexity index is 433. The molecule has 1 unspecified atom stereocenters. The molecule has 1 fully saturated rings. The number of hydrogen-bond acceptors (Lipinski definition) is 2. The molecule has 1 heterocycles. The number of halogens is 1. The van der Waals surface area contributed by atoms with E-state index < -0.39 is 0 Å². The molecule has 0 amide bonds. The molecule has 0 bridgehead atoms. The molecule has 0 spiro atoms. The lowest BCUT2D eigenvalue weighted by Crippen LogP contribution is -2.45. The fourth-order valence-corrected chi connectivity index (χ4v) is 3.74. The van der Waals surface area contributed by atoms with Crippen LogP contribution in [0.3, 0.4) is 0 Å². The summed E-state index contributed by atoms with van der Waals surface area (Å²) in [6.07, 6.45) is 7.68. The summed E-state index contributed by atoms with van der Waals surface area (Å²) in [4.78, 5) is 0. The van der Waals surface area contributed by atoms with Crippen molar-refractivity contribution in [1.82, 2.24) is 15.1 Å². The maximum Gasteiger partial charge on any atom is 0.0847 e. The van der Waals surface area contributed by atoms with Gasteiger partial charge in [0.25, 0.3) is 0 Å². The number of rotatable bonds is 4. The van der Waals surface area contributed by atoms with E-state index in [1.54, 1.807) is 0 Å². The lowest BCUT2D eigenvalue weighted by Gasteiger charge is -2.41. The summed E-state index contributed by atoms with van der Waals surface area (Å²) in [6.45, 7) is 4.40. The van der Waals surface area contributed by atoms with Crippen molar-refractivity contribution in [3.05, 3.63) is 16.4 Å². The topological polar surface area (TPSA) is 29.9 Å². The summed E-state index contributed by atoms with van der Waals surface area (Å²) in [5.74, 6) is 0. The Morgan fingerprint density at radius 3 is 2.47 bits per heavy atom. The van der Waals surface area contributed by atoms with Gasteiger partial charge < -0.3 is 5.32 Å². The second kappa shape index (κ2) is 5.84. The van der Waals surface area contributed by atoms with Gasteiger partial charge in [-0.25, -0.2) is 0 Å². The Labute approximate surface area is 121 Å². The van der Waals surface area contributed by atoms with Crippen LogP contribution in [0.2, 0.25) is 5.02 Å². The average molecular weight is 284 g/mol. The maximum absolute atomic E-state index is 6.39. The number of nitrogens with one attached hydrogen (secondary N) is 1. The van der Waals surface area contributed by atoms with Gasteiger partial charge in [0.15, 0.2) is 0 Å². The van der Waals surface area contributed by atoms with Crippen LogP contribution >= 0.6 is 11.6 Å². The van der Waals surface area contributed by atoms with Crippen molar-refractivity contribution in [2.24, 2.45) is 12.5 Å². The molecule has 1 N–H and O–H groups in total. The van der Waals surface area contributed by atoms with Crippen LogP contribution < -0.4 is 5.32 Å². The average Bonchev–Trinajstić information content (AvgIpc) is 2.62. The van der Waals surface area contributed by atoms with Gasteiger partial charge in [-0.05, 0) is 32.2 Å². The number of aryl methyl sites for hydroxylation is 2. The molecule has 1 saturated carbocycles. The standard InChI is InChI=1S/C15H26ClN3/c1-11-14(16)12(19(4)18-11)10-13(17-3)15(2)8-6-5-7-9-15/h13,17H,5-10H2,1-4H3. The molecule has 2 rings (SSSR count). The molecule has 1 aromatic heterocycles. The largest absolute Gasteiger partial charge is 0.316 e. The molecule has 1 aliphatic rings. The highest BCUT2D eigenvalue weighted by molar-refractivity contribution is 6.31. The Hall–Kier alpha value is -0.540. The van der Waals surface area contributed by atoms with E-state index in [2.05, 4.69) is 24.4 Å². The Morgan fingerprint density at radius 1 is 1.37 bits per heavy atom. The predicted molar refractivity (Wildman–Crippen MR) is 80.7 cm³/mol. The number of aromatic nitrogens is 2. The molecule has 0 radical (unpaired) electrons. The smallest absolute Gasteiger partial charge is 0.0847 e. The van der Waals surface area contributed by atoms with E-state index in [0.717, 1.165) is 22.8 Å². The Balaban J connectivity index is 2.18. The molecular formula is C15H26ClN3. The molecule has 3 nitrogen and oxygen atoms in total. The third-order valence-corrected chi connectivity index (χ3v) is 5.34. The minimum atomic E-state index is 0.383. The molecule has 0 aliphatic heterocycles. The summed E-state index contributed by atoms with van der Waals surface area (Å²) in [5, 5.41) is 8.78. The van der Waals surface area contributed by atoms with Crippen LogP contribution in [0.1, 0.15) is 50.4 Å². The van der Waals surface area contributed by atoms with E-state index in [1.165, 1.54) is 32.1 Å². The molecule has 1 aliphatic carbocycles. The molecule has 0 aromatic carbocycles. The molecule has 1 aromatic rings. The summed E-state index contributed by atoms with van der Waals surface area (Å²) in [6, 6.07) is 0.472. The highest BCUT2D eigenvalue weighted by Gasteiger charge is 2.35. The second-order valence-electron chi connectivity index (χ2n) is 6.23. The zero-order valence-electron chi connectivity index (χ0n) is 12.6. The van der Waals surface area contributed by atoms with Crippen LogP contribution in [-0.2, 0) is 13.5 Å². The molecule has 19 heavy (non-hydrogen) atoms. The summed E-state index contributed by atoms with van der Waals surface area (Å²) in [5.41, 5.74) is 2.47. The van der Waals surface area contributed by atoms with Gasteiger partial charge in [-0.15, -0.1) is 0 Å². The van der Waals surface area contributed by atoms with Crippen molar-refractivity contribution in [3.63, 3.8) is 0 Å². The third kappa shape index (κ3) is 2.97. The van der Waals surface area contributed by atoms with E-state index in [-0.39, 0.29) is 0 Å². The van der Waals surface area contributed by atoms with E-state index in [4.69, 9.17) is 11.6 Å². The normalized spacial score (nSPS) is 20.5. The summed E-state index contributed by atoms with van der Waals surface area (Å²) >= 11 is 6.39. The van der Waals surface area contributed by atoms with Crippen molar-refractivity contribution in [2.45, 2.75) is 58.4 Å². The van der Waals surface area contributed by atoms with E-state index in [1.807, 2.05) is 18.7 Å². The molecule has 1 atom stereocenters. The summed E-state index contributed by atoms with van der Waals surface area (Å²) < 4.78 is 1.94. The third-order valence-electron chi connectivity index (χ3n) is 4.84. The predicted octanol–water partition coefficient (Wildman–Crippen LogP) is 3.48. The Kier molecular flexibility index (Phi) is 4.57. The molecule has 4 heteroatoms. The number of likely N-dealkylation sites (N-methyl/N-ethyl adjacent to an activating group) is 1. The van der Waals surface area contributed by atoms with Crippen LogP contribution in [0.25, 0.3) is 0 Å². The first kappa shape index (κ1) is 14.9. The SMILES string of the molecule is CNC(Cc1c(Cl)c(C)nn1C)C1(C)CCCCC1. The minimum Gasteiger partial charge on any atom is -0.316 e. The van der Waals surface area contributed by atoms with Crippen molar-refractivity contribution in [1.29, 1.82) is 0 Å². The van der Waals surface area contributed by atoms with Crippen LogP contribution in [0.15, 0.2) is 0 Å². The lowest BCUT2D eigenvalue weighted by atomic mass is 9.69. The first-order valence-corrected chi connectivity index (χ1v) is 7.71. The van der Waals surface area contributed by atoms with Gasteiger partial charge in [-0.3, -0.25) is 4.68 Å².